The fraction of sp³-hybridized carbons (Fsp3) is 0.611. The minimum atomic E-state index is -2.59. The summed E-state index contributed by atoms with van der Waals surface area (Å²) in [7, 11) is 0. The van der Waals surface area contributed by atoms with Crippen LogP contribution in [-0.2, 0) is 9.53 Å². The quantitative estimate of drug-likeness (QED) is 0.689. The molecule has 0 radical (unpaired) electrons. The molecule has 0 unspecified atom stereocenters. The maximum atomic E-state index is 12.1. The standard InChI is InChI=1S/C18H24F2O3/c1-2-11-22-16-9-7-14(8-10-16)13-3-5-15(6-4-13)18(21)23-12-17(19)20/h7-10,13,15,17H,2-6,11-12H2,1H3. The first-order valence-corrected chi connectivity index (χ1v) is 8.27. The van der Waals surface area contributed by atoms with Crippen LogP contribution in [0.3, 0.4) is 0 Å². The maximum absolute atomic E-state index is 12.1. The maximum Gasteiger partial charge on any atom is 0.309 e. The molecule has 0 heterocycles. The summed E-state index contributed by atoms with van der Waals surface area (Å²) in [5, 5.41) is 0. The first kappa shape index (κ1) is 17.7. The van der Waals surface area contributed by atoms with Crippen molar-refractivity contribution in [2.45, 2.75) is 51.4 Å². The highest BCUT2D eigenvalue weighted by Crippen LogP contribution is 2.36. The second-order valence-electron chi connectivity index (χ2n) is 5.99. The van der Waals surface area contributed by atoms with Gasteiger partial charge in [0.25, 0.3) is 6.43 Å². The Hall–Kier alpha value is -1.65. The Bertz CT molecular complexity index is 480. The summed E-state index contributed by atoms with van der Waals surface area (Å²) in [5.74, 6) is 0.568. The average molecular weight is 326 g/mol. The van der Waals surface area contributed by atoms with Crippen LogP contribution in [0.15, 0.2) is 24.3 Å². The summed E-state index contributed by atoms with van der Waals surface area (Å²) in [6, 6.07) is 8.11. The van der Waals surface area contributed by atoms with Crippen molar-refractivity contribution < 1.29 is 23.0 Å². The van der Waals surface area contributed by atoms with Gasteiger partial charge in [0.2, 0.25) is 0 Å². The first-order chi connectivity index (χ1) is 11.1. The van der Waals surface area contributed by atoms with E-state index in [0.717, 1.165) is 25.0 Å². The van der Waals surface area contributed by atoms with Gasteiger partial charge in [-0.15, -0.1) is 0 Å². The van der Waals surface area contributed by atoms with Gasteiger partial charge in [0, 0.05) is 0 Å². The number of hydrogen-bond donors (Lipinski definition) is 0. The van der Waals surface area contributed by atoms with Crippen LogP contribution in [0.2, 0.25) is 0 Å². The number of carbonyl (C=O) groups is 1. The highest BCUT2D eigenvalue weighted by molar-refractivity contribution is 5.72. The molecule has 5 heteroatoms. The van der Waals surface area contributed by atoms with Crippen LogP contribution in [0.4, 0.5) is 8.78 Å². The van der Waals surface area contributed by atoms with Crippen LogP contribution in [0.5, 0.6) is 5.75 Å². The van der Waals surface area contributed by atoms with Crippen LogP contribution < -0.4 is 4.74 Å². The van der Waals surface area contributed by atoms with Gasteiger partial charge in [-0.2, -0.15) is 0 Å². The molecule has 0 N–H and O–H groups in total. The Kier molecular flexibility index (Phi) is 6.81. The number of alkyl halides is 2. The molecule has 23 heavy (non-hydrogen) atoms. The van der Waals surface area contributed by atoms with Gasteiger partial charge in [-0.1, -0.05) is 19.1 Å². The number of hydrogen-bond acceptors (Lipinski definition) is 3. The number of halogens is 2. The Morgan fingerprint density at radius 3 is 2.39 bits per heavy atom. The van der Waals surface area contributed by atoms with Crippen LogP contribution >= 0.6 is 0 Å². The van der Waals surface area contributed by atoms with Crippen LogP contribution in [0.25, 0.3) is 0 Å². The topological polar surface area (TPSA) is 35.5 Å². The van der Waals surface area contributed by atoms with Crippen LogP contribution in [0.1, 0.15) is 50.5 Å². The van der Waals surface area contributed by atoms with Crippen LogP contribution in [-0.4, -0.2) is 25.6 Å². The fourth-order valence-electron chi connectivity index (χ4n) is 2.98. The van der Waals surface area contributed by atoms with E-state index in [2.05, 4.69) is 23.8 Å². The third kappa shape index (κ3) is 5.48. The van der Waals surface area contributed by atoms with Crippen LogP contribution in [0, 0.1) is 5.92 Å². The molecule has 1 aliphatic rings. The van der Waals surface area contributed by atoms with E-state index >= 15 is 0 Å². The van der Waals surface area contributed by atoms with Gasteiger partial charge in [0.1, 0.15) is 5.75 Å². The fourth-order valence-corrected chi connectivity index (χ4v) is 2.98. The second kappa shape index (κ2) is 8.85. The lowest BCUT2D eigenvalue weighted by Gasteiger charge is -2.27. The molecule has 0 spiro atoms. The molecule has 0 bridgehead atoms. The summed E-state index contributed by atoms with van der Waals surface area (Å²) in [4.78, 5) is 11.7. The van der Waals surface area contributed by atoms with Crippen molar-refractivity contribution in [1.82, 2.24) is 0 Å². The number of ether oxygens (including phenoxy) is 2. The summed E-state index contributed by atoms with van der Waals surface area (Å²) < 4.78 is 34.3. The minimum Gasteiger partial charge on any atom is -0.494 e. The van der Waals surface area contributed by atoms with Gasteiger partial charge in [0.05, 0.1) is 12.5 Å². The molecule has 0 aliphatic heterocycles. The molecule has 128 valence electrons. The van der Waals surface area contributed by atoms with Crippen molar-refractivity contribution in [3.05, 3.63) is 29.8 Å². The molecular formula is C18H24F2O3. The summed E-state index contributed by atoms with van der Waals surface area (Å²) >= 11 is 0. The van der Waals surface area contributed by atoms with Gasteiger partial charge >= 0.3 is 5.97 Å². The Balaban J connectivity index is 1.80. The van der Waals surface area contributed by atoms with E-state index in [4.69, 9.17) is 4.74 Å². The second-order valence-corrected chi connectivity index (χ2v) is 5.99. The van der Waals surface area contributed by atoms with E-state index in [1.54, 1.807) is 0 Å². The van der Waals surface area contributed by atoms with Gasteiger partial charge in [0.15, 0.2) is 6.61 Å². The van der Waals surface area contributed by atoms with Crippen molar-refractivity contribution in [3.8, 4) is 5.75 Å². The molecule has 3 nitrogen and oxygen atoms in total. The van der Waals surface area contributed by atoms with E-state index < -0.39 is 19.0 Å². The lowest BCUT2D eigenvalue weighted by atomic mass is 9.79. The lowest BCUT2D eigenvalue weighted by molar-refractivity contribution is -0.153. The first-order valence-electron chi connectivity index (χ1n) is 8.27. The van der Waals surface area contributed by atoms with E-state index in [1.165, 1.54) is 5.56 Å². The monoisotopic (exact) mass is 326 g/mol. The average Bonchev–Trinajstić information content (AvgIpc) is 2.58. The van der Waals surface area contributed by atoms with Crippen molar-refractivity contribution >= 4 is 5.97 Å². The third-order valence-electron chi connectivity index (χ3n) is 4.24. The predicted octanol–water partition coefficient (Wildman–Crippen LogP) is 4.56. The van der Waals surface area contributed by atoms with Crippen molar-refractivity contribution in [1.29, 1.82) is 0 Å². The SMILES string of the molecule is CCCOc1ccc(C2CCC(C(=O)OCC(F)F)CC2)cc1. The summed E-state index contributed by atoms with van der Waals surface area (Å²) in [6.07, 6.45) is 1.53. The Morgan fingerprint density at radius 2 is 1.83 bits per heavy atom. The molecule has 0 atom stereocenters. The van der Waals surface area contributed by atoms with Crippen molar-refractivity contribution in [2.24, 2.45) is 5.92 Å². The number of esters is 1. The van der Waals surface area contributed by atoms with E-state index in [1.807, 2.05) is 12.1 Å². The lowest BCUT2D eigenvalue weighted by Crippen LogP contribution is -2.24. The smallest absolute Gasteiger partial charge is 0.309 e. The molecule has 1 aliphatic carbocycles. The summed E-state index contributed by atoms with van der Waals surface area (Å²) in [6.45, 7) is 1.99. The largest absolute Gasteiger partial charge is 0.494 e. The highest BCUT2D eigenvalue weighted by Gasteiger charge is 2.28. The van der Waals surface area contributed by atoms with E-state index in [9.17, 15) is 13.6 Å². The van der Waals surface area contributed by atoms with Crippen molar-refractivity contribution in [3.63, 3.8) is 0 Å². The van der Waals surface area contributed by atoms with Gasteiger partial charge in [-0.05, 0) is 55.7 Å². The molecule has 1 aromatic rings. The summed E-state index contributed by atoms with van der Waals surface area (Å²) in [5.41, 5.74) is 1.24. The van der Waals surface area contributed by atoms with E-state index in [-0.39, 0.29) is 5.92 Å². The molecule has 2 rings (SSSR count). The van der Waals surface area contributed by atoms with Crippen molar-refractivity contribution in [2.75, 3.05) is 13.2 Å². The zero-order chi connectivity index (χ0) is 16.7. The number of rotatable bonds is 7. The van der Waals surface area contributed by atoms with E-state index in [0.29, 0.717) is 25.4 Å². The molecule has 1 saturated carbocycles. The number of carbonyl (C=O) groups excluding carboxylic acids is 1. The zero-order valence-electron chi connectivity index (χ0n) is 13.5. The Labute approximate surface area is 136 Å². The Morgan fingerprint density at radius 1 is 1.17 bits per heavy atom. The third-order valence-corrected chi connectivity index (χ3v) is 4.24. The molecule has 1 aromatic carbocycles. The molecule has 0 amide bonds. The molecular weight excluding hydrogens is 302 g/mol. The molecule has 0 saturated heterocycles. The highest BCUT2D eigenvalue weighted by atomic mass is 19.3. The van der Waals surface area contributed by atoms with Gasteiger partial charge < -0.3 is 9.47 Å². The normalized spacial score (nSPS) is 21.2. The molecule has 0 aromatic heterocycles. The minimum absolute atomic E-state index is 0.239. The predicted molar refractivity (Wildman–Crippen MR) is 83.9 cm³/mol. The van der Waals surface area contributed by atoms with Gasteiger partial charge in [-0.25, -0.2) is 8.78 Å². The number of benzene rings is 1. The van der Waals surface area contributed by atoms with Gasteiger partial charge in [-0.3, -0.25) is 4.79 Å². The zero-order valence-corrected chi connectivity index (χ0v) is 13.5. The molecule has 1 fully saturated rings.